The molecule has 0 unspecified atom stereocenters. The van der Waals surface area contributed by atoms with Crippen LogP contribution in [0.25, 0.3) is 16.9 Å². The van der Waals surface area contributed by atoms with Gasteiger partial charge in [-0.05, 0) is 55.8 Å². The topological polar surface area (TPSA) is 56.1 Å². The number of hydrogen-bond donors (Lipinski definition) is 0. The van der Waals surface area contributed by atoms with Crippen molar-refractivity contribution in [2.75, 3.05) is 19.1 Å². The number of methoxy groups -OCH3 is 1. The van der Waals surface area contributed by atoms with Gasteiger partial charge in [0, 0.05) is 18.8 Å². The number of ether oxygens (including phenoxy) is 1. The van der Waals surface area contributed by atoms with Crippen molar-refractivity contribution in [3.05, 3.63) is 84.2 Å². The SMILES string of the molecule is COc1cc(-c2ccc(N(C)[C@@H](C)c3ccc(F)cc3)nn2)ccc1-n1cnc(C)c1.Cl. The van der Waals surface area contributed by atoms with Gasteiger partial charge in [0.1, 0.15) is 11.6 Å². The number of imidazole rings is 1. The summed E-state index contributed by atoms with van der Waals surface area (Å²) in [6.45, 7) is 3.99. The first-order valence-electron chi connectivity index (χ1n) is 9.97. The van der Waals surface area contributed by atoms with Gasteiger partial charge >= 0.3 is 0 Å². The first-order chi connectivity index (χ1) is 15.0. The summed E-state index contributed by atoms with van der Waals surface area (Å²) in [5, 5.41) is 8.82. The van der Waals surface area contributed by atoms with E-state index in [2.05, 4.69) is 15.2 Å². The zero-order chi connectivity index (χ0) is 22.0. The number of hydrogen-bond acceptors (Lipinski definition) is 5. The molecule has 4 rings (SSSR count). The van der Waals surface area contributed by atoms with Crippen LogP contribution >= 0.6 is 12.4 Å². The molecule has 0 amide bonds. The van der Waals surface area contributed by atoms with Crippen LogP contribution in [0.15, 0.2) is 67.1 Å². The van der Waals surface area contributed by atoms with Gasteiger partial charge in [0.25, 0.3) is 0 Å². The molecule has 0 bridgehead atoms. The van der Waals surface area contributed by atoms with E-state index < -0.39 is 0 Å². The third-order valence-corrected chi connectivity index (χ3v) is 5.41. The van der Waals surface area contributed by atoms with Crippen molar-refractivity contribution in [1.29, 1.82) is 0 Å². The quantitative estimate of drug-likeness (QED) is 0.391. The van der Waals surface area contributed by atoms with Crippen LogP contribution in [0.3, 0.4) is 0 Å². The average Bonchev–Trinajstić information content (AvgIpc) is 3.24. The van der Waals surface area contributed by atoms with Crippen LogP contribution in [0.5, 0.6) is 5.75 Å². The van der Waals surface area contributed by atoms with E-state index in [1.165, 1.54) is 12.1 Å². The summed E-state index contributed by atoms with van der Waals surface area (Å²) < 4.78 is 20.7. The van der Waals surface area contributed by atoms with Crippen LogP contribution < -0.4 is 9.64 Å². The summed E-state index contributed by atoms with van der Waals surface area (Å²) >= 11 is 0. The Kier molecular flexibility index (Phi) is 7.10. The van der Waals surface area contributed by atoms with Gasteiger partial charge in [0.15, 0.2) is 5.82 Å². The molecular formula is C24H25ClFN5O. The van der Waals surface area contributed by atoms with Crippen LogP contribution in [-0.4, -0.2) is 33.9 Å². The second-order valence-electron chi connectivity index (χ2n) is 7.42. The summed E-state index contributed by atoms with van der Waals surface area (Å²) in [6.07, 6.45) is 3.71. The lowest BCUT2D eigenvalue weighted by Gasteiger charge is -2.26. The highest BCUT2D eigenvalue weighted by atomic mass is 35.5. The molecule has 0 aliphatic carbocycles. The molecule has 0 spiro atoms. The molecule has 0 saturated heterocycles. The Hall–Kier alpha value is -3.45. The van der Waals surface area contributed by atoms with Gasteiger partial charge in [-0.25, -0.2) is 9.37 Å². The maximum atomic E-state index is 13.2. The minimum Gasteiger partial charge on any atom is -0.495 e. The Bertz CT molecular complexity index is 1180. The molecule has 0 fully saturated rings. The highest BCUT2D eigenvalue weighted by Gasteiger charge is 2.15. The van der Waals surface area contributed by atoms with Crippen molar-refractivity contribution >= 4 is 18.2 Å². The molecule has 8 heteroatoms. The van der Waals surface area contributed by atoms with E-state index in [9.17, 15) is 4.39 Å². The fraction of sp³-hybridized carbons (Fsp3) is 0.208. The van der Waals surface area contributed by atoms with Gasteiger partial charge in [0.05, 0.1) is 36.6 Å². The average molecular weight is 454 g/mol. The van der Waals surface area contributed by atoms with Crippen molar-refractivity contribution in [1.82, 2.24) is 19.7 Å². The summed E-state index contributed by atoms with van der Waals surface area (Å²) in [5.74, 6) is 1.22. The Morgan fingerprint density at radius 2 is 1.78 bits per heavy atom. The fourth-order valence-electron chi connectivity index (χ4n) is 3.43. The normalized spacial score (nSPS) is 11.5. The minimum absolute atomic E-state index is 0. The largest absolute Gasteiger partial charge is 0.495 e. The molecule has 0 radical (unpaired) electrons. The Morgan fingerprint density at radius 1 is 1.03 bits per heavy atom. The molecule has 0 aliphatic heterocycles. The second kappa shape index (κ2) is 9.78. The minimum atomic E-state index is -0.243. The van der Waals surface area contributed by atoms with E-state index in [1.807, 2.05) is 66.9 Å². The lowest BCUT2D eigenvalue weighted by atomic mass is 10.1. The third-order valence-electron chi connectivity index (χ3n) is 5.41. The molecule has 6 nitrogen and oxygen atoms in total. The standard InChI is InChI=1S/C24H24FN5O.ClH/c1-16-14-30(15-26-16)22-11-7-19(13-23(22)31-4)21-10-12-24(28-27-21)29(3)17(2)18-5-8-20(25)9-6-18;/h5-15,17H,1-4H3;1H/t17-;/m0./s1. The molecule has 0 N–H and O–H groups in total. The third kappa shape index (κ3) is 4.73. The van der Waals surface area contributed by atoms with E-state index in [4.69, 9.17) is 4.74 Å². The highest BCUT2D eigenvalue weighted by Crippen LogP contribution is 2.30. The Labute approximate surface area is 193 Å². The molecule has 32 heavy (non-hydrogen) atoms. The van der Waals surface area contributed by atoms with Crippen molar-refractivity contribution in [2.45, 2.75) is 19.9 Å². The van der Waals surface area contributed by atoms with Crippen molar-refractivity contribution < 1.29 is 9.13 Å². The molecule has 2 aromatic carbocycles. The first kappa shape index (κ1) is 23.2. The van der Waals surface area contributed by atoms with E-state index in [-0.39, 0.29) is 24.3 Å². The summed E-state index contributed by atoms with van der Waals surface area (Å²) in [6, 6.07) is 16.3. The maximum absolute atomic E-state index is 13.2. The number of halogens is 2. The number of anilines is 1. The summed E-state index contributed by atoms with van der Waals surface area (Å²) in [4.78, 5) is 6.29. The number of nitrogens with zero attached hydrogens (tertiary/aromatic N) is 5. The van der Waals surface area contributed by atoms with Crippen LogP contribution in [0.2, 0.25) is 0 Å². The molecular weight excluding hydrogens is 429 g/mol. The first-order valence-corrected chi connectivity index (χ1v) is 9.97. The smallest absolute Gasteiger partial charge is 0.151 e. The predicted molar refractivity (Wildman–Crippen MR) is 126 cm³/mol. The van der Waals surface area contributed by atoms with Crippen molar-refractivity contribution in [2.24, 2.45) is 0 Å². The van der Waals surface area contributed by atoms with Gasteiger partial charge in [-0.3, -0.25) is 0 Å². The van der Waals surface area contributed by atoms with E-state index in [0.29, 0.717) is 0 Å². The number of aryl methyl sites for hydroxylation is 1. The predicted octanol–water partition coefficient (Wildman–Crippen LogP) is 5.40. The lowest BCUT2D eigenvalue weighted by molar-refractivity contribution is 0.413. The lowest BCUT2D eigenvalue weighted by Crippen LogP contribution is -2.22. The van der Waals surface area contributed by atoms with Crippen LogP contribution in [0, 0.1) is 12.7 Å². The molecule has 4 aromatic rings. The Morgan fingerprint density at radius 3 is 2.38 bits per heavy atom. The van der Waals surface area contributed by atoms with Gasteiger partial charge < -0.3 is 14.2 Å². The second-order valence-corrected chi connectivity index (χ2v) is 7.42. The van der Waals surface area contributed by atoms with Crippen LogP contribution in [0.4, 0.5) is 10.2 Å². The zero-order valence-electron chi connectivity index (χ0n) is 18.4. The van der Waals surface area contributed by atoms with E-state index >= 15 is 0 Å². The monoisotopic (exact) mass is 453 g/mol. The van der Waals surface area contributed by atoms with Gasteiger partial charge in [-0.15, -0.1) is 22.6 Å². The van der Waals surface area contributed by atoms with Crippen molar-refractivity contribution in [3.63, 3.8) is 0 Å². The number of aromatic nitrogens is 4. The van der Waals surface area contributed by atoms with Gasteiger partial charge in [-0.2, -0.15) is 0 Å². The van der Waals surface area contributed by atoms with Gasteiger partial charge in [0.2, 0.25) is 0 Å². The highest BCUT2D eigenvalue weighted by molar-refractivity contribution is 5.85. The fourth-order valence-corrected chi connectivity index (χ4v) is 3.43. The van der Waals surface area contributed by atoms with E-state index in [0.717, 1.165) is 39.8 Å². The molecule has 0 aliphatic rings. The summed E-state index contributed by atoms with van der Waals surface area (Å²) in [7, 11) is 3.59. The van der Waals surface area contributed by atoms with Crippen molar-refractivity contribution in [3.8, 4) is 22.7 Å². The maximum Gasteiger partial charge on any atom is 0.151 e. The number of benzene rings is 2. The molecule has 2 heterocycles. The Balaban J connectivity index is 0.00000289. The van der Waals surface area contributed by atoms with E-state index in [1.54, 1.807) is 25.6 Å². The number of rotatable bonds is 6. The molecule has 1 atom stereocenters. The zero-order valence-corrected chi connectivity index (χ0v) is 19.2. The van der Waals surface area contributed by atoms with Crippen LogP contribution in [0.1, 0.15) is 24.2 Å². The van der Waals surface area contributed by atoms with Gasteiger partial charge in [-0.1, -0.05) is 18.2 Å². The summed E-state index contributed by atoms with van der Waals surface area (Å²) in [5.41, 5.74) is 4.50. The molecule has 166 valence electrons. The molecule has 2 aromatic heterocycles. The van der Waals surface area contributed by atoms with Crippen LogP contribution in [-0.2, 0) is 0 Å². The molecule has 0 saturated carbocycles.